The number of rotatable bonds is 2. The van der Waals surface area contributed by atoms with Gasteiger partial charge in [-0.1, -0.05) is 28.1 Å². The number of aliphatic imine (C=N–C) groups is 1. The first kappa shape index (κ1) is 12.8. The standard InChI is InChI=1S/C15H14BrNO/c1-10-7-13(16)8-11(2)15(10)17-9-12-5-3-4-6-14(12)18/h3-9,18H,1-2H3. The zero-order valence-corrected chi connectivity index (χ0v) is 11.9. The maximum Gasteiger partial charge on any atom is 0.124 e. The molecule has 0 unspecified atom stereocenters. The lowest BCUT2D eigenvalue weighted by Gasteiger charge is -2.05. The summed E-state index contributed by atoms with van der Waals surface area (Å²) in [5.74, 6) is 0.244. The van der Waals surface area contributed by atoms with Gasteiger partial charge in [0.2, 0.25) is 0 Å². The molecule has 0 aliphatic heterocycles. The highest BCUT2D eigenvalue weighted by molar-refractivity contribution is 9.10. The lowest BCUT2D eigenvalue weighted by atomic mass is 10.1. The van der Waals surface area contributed by atoms with Gasteiger partial charge >= 0.3 is 0 Å². The second-order valence-corrected chi connectivity index (χ2v) is 5.12. The van der Waals surface area contributed by atoms with Gasteiger partial charge in [0, 0.05) is 16.3 Å². The predicted molar refractivity (Wildman–Crippen MR) is 79.0 cm³/mol. The Morgan fingerprint density at radius 1 is 1.11 bits per heavy atom. The van der Waals surface area contributed by atoms with E-state index in [0.717, 1.165) is 26.9 Å². The summed E-state index contributed by atoms with van der Waals surface area (Å²) in [6, 6.07) is 11.2. The van der Waals surface area contributed by atoms with E-state index in [1.807, 2.05) is 38.1 Å². The summed E-state index contributed by atoms with van der Waals surface area (Å²) in [4.78, 5) is 4.47. The van der Waals surface area contributed by atoms with Crippen LogP contribution in [-0.2, 0) is 0 Å². The largest absolute Gasteiger partial charge is 0.507 e. The molecule has 1 N–H and O–H groups in total. The Morgan fingerprint density at radius 3 is 2.33 bits per heavy atom. The Morgan fingerprint density at radius 2 is 1.72 bits per heavy atom. The molecular formula is C15H14BrNO. The highest BCUT2D eigenvalue weighted by atomic mass is 79.9. The Bertz CT molecular complexity index is 582. The Labute approximate surface area is 115 Å². The summed E-state index contributed by atoms with van der Waals surface area (Å²) in [5, 5.41) is 9.67. The van der Waals surface area contributed by atoms with Crippen molar-refractivity contribution >= 4 is 27.8 Å². The lowest BCUT2D eigenvalue weighted by molar-refractivity contribution is 0.474. The van der Waals surface area contributed by atoms with E-state index in [0.29, 0.717) is 0 Å². The molecule has 18 heavy (non-hydrogen) atoms. The molecule has 0 heterocycles. The summed E-state index contributed by atoms with van der Waals surface area (Å²) < 4.78 is 1.05. The second kappa shape index (κ2) is 5.36. The molecule has 2 rings (SSSR count). The van der Waals surface area contributed by atoms with Gasteiger partial charge in [0.05, 0.1) is 5.69 Å². The molecule has 0 radical (unpaired) electrons. The molecule has 3 heteroatoms. The first-order valence-corrected chi connectivity index (χ1v) is 6.46. The number of halogens is 1. The number of phenols is 1. The van der Waals surface area contributed by atoms with Crippen molar-refractivity contribution in [1.82, 2.24) is 0 Å². The van der Waals surface area contributed by atoms with E-state index < -0.39 is 0 Å². The summed E-state index contributed by atoms with van der Waals surface area (Å²) >= 11 is 3.46. The van der Waals surface area contributed by atoms with E-state index in [4.69, 9.17) is 0 Å². The average molecular weight is 304 g/mol. The number of para-hydroxylation sites is 1. The number of aromatic hydroxyl groups is 1. The van der Waals surface area contributed by atoms with Crippen LogP contribution in [-0.4, -0.2) is 11.3 Å². The molecule has 2 aromatic rings. The van der Waals surface area contributed by atoms with Gasteiger partial charge in [0.1, 0.15) is 5.75 Å². The fourth-order valence-corrected chi connectivity index (χ4v) is 2.52. The van der Waals surface area contributed by atoms with Gasteiger partial charge in [-0.3, -0.25) is 4.99 Å². The summed E-state index contributed by atoms with van der Waals surface area (Å²) in [5.41, 5.74) is 3.88. The first-order valence-electron chi connectivity index (χ1n) is 5.67. The van der Waals surface area contributed by atoms with Gasteiger partial charge in [-0.25, -0.2) is 0 Å². The Balaban J connectivity index is 2.38. The topological polar surface area (TPSA) is 32.6 Å². The third-order valence-electron chi connectivity index (χ3n) is 2.73. The zero-order valence-electron chi connectivity index (χ0n) is 10.3. The van der Waals surface area contributed by atoms with Crippen LogP contribution in [0.15, 0.2) is 45.9 Å². The molecule has 2 nitrogen and oxygen atoms in total. The van der Waals surface area contributed by atoms with Crippen molar-refractivity contribution in [2.75, 3.05) is 0 Å². The van der Waals surface area contributed by atoms with Crippen molar-refractivity contribution < 1.29 is 5.11 Å². The first-order chi connectivity index (χ1) is 8.58. The number of aryl methyl sites for hydroxylation is 2. The van der Waals surface area contributed by atoms with E-state index in [-0.39, 0.29) is 5.75 Å². The number of hydrogen-bond donors (Lipinski definition) is 1. The minimum absolute atomic E-state index is 0.244. The molecule has 0 aliphatic carbocycles. The van der Waals surface area contributed by atoms with Crippen molar-refractivity contribution in [3.63, 3.8) is 0 Å². The third-order valence-corrected chi connectivity index (χ3v) is 3.18. The van der Waals surface area contributed by atoms with E-state index in [2.05, 4.69) is 20.9 Å². The van der Waals surface area contributed by atoms with E-state index in [1.54, 1.807) is 18.3 Å². The molecule has 0 fully saturated rings. The molecule has 0 atom stereocenters. The van der Waals surface area contributed by atoms with Crippen LogP contribution in [0.25, 0.3) is 0 Å². The molecule has 0 amide bonds. The molecule has 0 saturated carbocycles. The number of benzene rings is 2. The fraction of sp³-hybridized carbons (Fsp3) is 0.133. The van der Waals surface area contributed by atoms with Gasteiger partial charge < -0.3 is 5.11 Å². The van der Waals surface area contributed by atoms with Crippen LogP contribution < -0.4 is 0 Å². The smallest absolute Gasteiger partial charge is 0.124 e. The monoisotopic (exact) mass is 303 g/mol. The Kier molecular flexibility index (Phi) is 3.82. The van der Waals surface area contributed by atoms with Crippen LogP contribution in [0.2, 0.25) is 0 Å². The third kappa shape index (κ3) is 2.79. The maximum absolute atomic E-state index is 9.67. The van der Waals surface area contributed by atoms with E-state index in [9.17, 15) is 5.11 Å². The van der Waals surface area contributed by atoms with Crippen LogP contribution in [0.1, 0.15) is 16.7 Å². The predicted octanol–water partition coefficient (Wildman–Crippen LogP) is 4.52. The molecule has 0 saturated heterocycles. The minimum Gasteiger partial charge on any atom is -0.507 e. The average Bonchev–Trinajstić information content (AvgIpc) is 2.30. The van der Waals surface area contributed by atoms with Gasteiger partial charge in [-0.2, -0.15) is 0 Å². The van der Waals surface area contributed by atoms with Gasteiger partial charge in [0.15, 0.2) is 0 Å². The van der Waals surface area contributed by atoms with Gasteiger partial charge in [-0.05, 0) is 49.2 Å². The van der Waals surface area contributed by atoms with Gasteiger partial charge in [0.25, 0.3) is 0 Å². The molecule has 0 bridgehead atoms. The molecule has 0 aromatic heterocycles. The Hall–Kier alpha value is -1.61. The van der Waals surface area contributed by atoms with Crippen molar-refractivity contribution in [1.29, 1.82) is 0 Å². The molecule has 2 aromatic carbocycles. The number of hydrogen-bond acceptors (Lipinski definition) is 2. The summed E-state index contributed by atoms with van der Waals surface area (Å²) in [6.07, 6.45) is 1.69. The summed E-state index contributed by atoms with van der Waals surface area (Å²) in [7, 11) is 0. The SMILES string of the molecule is Cc1cc(Br)cc(C)c1N=Cc1ccccc1O. The van der Waals surface area contributed by atoms with E-state index in [1.165, 1.54) is 0 Å². The van der Waals surface area contributed by atoms with Crippen molar-refractivity contribution in [3.05, 3.63) is 57.6 Å². The quantitative estimate of drug-likeness (QED) is 0.813. The lowest BCUT2D eigenvalue weighted by Crippen LogP contribution is -1.85. The second-order valence-electron chi connectivity index (χ2n) is 4.21. The van der Waals surface area contributed by atoms with Gasteiger partial charge in [-0.15, -0.1) is 0 Å². The van der Waals surface area contributed by atoms with Crippen LogP contribution >= 0.6 is 15.9 Å². The van der Waals surface area contributed by atoms with Crippen LogP contribution in [0.3, 0.4) is 0 Å². The minimum atomic E-state index is 0.244. The molecule has 0 spiro atoms. The van der Waals surface area contributed by atoms with Crippen molar-refractivity contribution in [2.45, 2.75) is 13.8 Å². The van der Waals surface area contributed by atoms with Crippen LogP contribution in [0, 0.1) is 13.8 Å². The van der Waals surface area contributed by atoms with Crippen molar-refractivity contribution in [2.24, 2.45) is 4.99 Å². The van der Waals surface area contributed by atoms with Crippen LogP contribution in [0.4, 0.5) is 5.69 Å². The molecule has 0 aliphatic rings. The highest BCUT2D eigenvalue weighted by Gasteiger charge is 2.03. The fourth-order valence-electron chi connectivity index (χ4n) is 1.84. The normalized spacial score (nSPS) is 11.1. The number of nitrogens with zero attached hydrogens (tertiary/aromatic N) is 1. The highest BCUT2D eigenvalue weighted by Crippen LogP contribution is 2.28. The molecule has 92 valence electrons. The van der Waals surface area contributed by atoms with E-state index >= 15 is 0 Å². The zero-order chi connectivity index (χ0) is 13.1. The number of phenolic OH excluding ortho intramolecular Hbond substituents is 1. The maximum atomic E-state index is 9.67. The van der Waals surface area contributed by atoms with Crippen LogP contribution in [0.5, 0.6) is 5.75 Å². The summed E-state index contributed by atoms with van der Waals surface area (Å²) in [6.45, 7) is 4.05. The molecular weight excluding hydrogens is 290 g/mol. The van der Waals surface area contributed by atoms with Crippen molar-refractivity contribution in [3.8, 4) is 5.75 Å².